The minimum atomic E-state index is 0.263. The van der Waals surface area contributed by atoms with Crippen molar-refractivity contribution in [1.82, 2.24) is 0 Å². The van der Waals surface area contributed by atoms with E-state index >= 15 is 0 Å². The normalized spacial score (nSPS) is 33.5. The molecule has 1 aromatic heterocycles. The quantitative estimate of drug-likeness (QED) is 0.633. The Bertz CT molecular complexity index is 405. The van der Waals surface area contributed by atoms with E-state index < -0.39 is 0 Å². The first kappa shape index (κ1) is 12.0. The highest BCUT2D eigenvalue weighted by Gasteiger charge is 2.55. The lowest BCUT2D eigenvalue weighted by atomic mass is 9.95. The van der Waals surface area contributed by atoms with Gasteiger partial charge in [-0.1, -0.05) is 27.2 Å². The fraction of sp³-hybridized carbons (Fsp3) is 0.733. The topological polar surface area (TPSA) is 0 Å². The maximum Gasteiger partial charge on any atom is 0.0712 e. The van der Waals surface area contributed by atoms with Crippen LogP contribution in [0.5, 0.6) is 0 Å². The number of rotatable bonds is 2. The van der Waals surface area contributed by atoms with Crippen LogP contribution < -0.4 is 0 Å². The monoisotopic (exact) mass is 268 g/mol. The zero-order valence-corrected chi connectivity index (χ0v) is 12.4. The number of alkyl halides is 1. The first-order chi connectivity index (χ1) is 7.98. The fourth-order valence-electron chi connectivity index (χ4n) is 3.40. The van der Waals surface area contributed by atoms with Gasteiger partial charge in [0.2, 0.25) is 0 Å². The Balaban J connectivity index is 1.74. The Morgan fingerprint density at radius 2 is 1.88 bits per heavy atom. The summed E-state index contributed by atoms with van der Waals surface area (Å²) >= 11 is 8.60. The highest BCUT2D eigenvalue weighted by molar-refractivity contribution is 7.12. The summed E-state index contributed by atoms with van der Waals surface area (Å²) in [5, 5.41) is 0.284. The van der Waals surface area contributed by atoms with Gasteiger partial charge < -0.3 is 0 Å². The third kappa shape index (κ3) is 2.06. The summed E-state index contributed by atoms with van der Waals surface area (Å²) < 4.78 is 0. The summed E-state index contributed by atoms with van der Waals surface area (Å²) in [5.74, 6) is 2.70. The number of halogens is 1. The Morgan fingerprint density at radius 1 is 1.24 bits per heavy atom. The molecule has 0 bridgehead atoms. The van der Waals surface area contributed by atoms with E-state index in [9.17, 15) is 0 Å². The SMILES string of the molecule is CC(C)(C)c1ccc(C(Cl)C2C3CCCC32)s1. The fourth-order valence-corrected chi connectivity index (χ4v) is 5.09. The molecule has 2 heteroatoms. The molecule has 2 saturated carbocycles. The molecule has 0 N–H and O–H groups in total. The minimum Gasteiger partial charge on any atom is -0.143 e. The molecule has 1 heterocycles. The van der Waals surface area contributed by atoms with Gasteiger partial charge in [-0.2, -0.15) is 0 Å². The van der Waals surface area contributed by atoms with Crippen LogP contribution in [0.25, 0.3) is 0 Å². The van der Waals surface area contributed by atoms with Crippen molar-refractivity contribution < 1.29 is 0 Å². The van der Waals surface area contributed by atoms with Crippen LogP contribution in [0, 0.1) is 17.8 Å². The van der Waals surface area contributed by atoms with Crippen molar-refractivity contribution in [3.8, 4) is 0 Å². The molecule has 0 amide bonds. The van der Waals surface area contributed by atoms with Crippen LogP contribution in [0.2, 0.25) is 0 Å². The van der Waals surface area contributed by atoms with E-state index in [1.807, 2.05) is 11.3 Å². The zero-order valence-electron chi connectivity index (χ0n) is 10.9. The maximum absolute atomic E-state index is 6.68. The Hall–Kier alpha value is -0.0100. The Morgan fingerprint density at radius 3 is 2.41 bits per heavy atom. The summed E-state index contributed by atoms with van der Waals surface area (Å²) in [4.78, 5) is 2.86. The highest BCUT2D eigenvalue weighted by Crippen LogP contribution is 2.64. The van der Waals surface area contributed by atoms with Gasteiger partial charge in [-0.3, -0.25) is 0 Å². The lowest BCUT2D eigenvalue weighted by Gasteiger charge is -2.16. The van der Waals surface area contributed by atoms with E-state index in [0.29, 0.717) is 0 Å². The van der Waals surface area contributed by atoms with Gasteiger partial charge >= 0.3 is 0 Å². The number of hydrogen-bond donors (Lipinski definition) is 0. The maximum atomic E-state index is 6.68. The van der Waals surface area contributed by atoms with Crippen molar-refractivity contribution in [2.24, 2.45) is 17.8 Å². The largest absolute Gasteiger partial charge is 0.143 e. The Kier molecular flexibility index (Phi) is 2.83. The van der Waals surface area contributed by atoms with Crippen molar-refractivity contribution in [3.05, 3.63) is 21.9 Å². The van der Waals surface area contributed by atoms with Crippen molar-refractivity contribution in [3.63, 3.8) is 0 Å². The molecule has 0 saturated heterocycles. The molecule has 3 rings (SSSR count). The van der Waals surface area contributed by atoms with E-state index in [4.69, 9.17) is 11.6 Å². The summed E-state index contributed by atoms with van der Waals surface area (Å²) in [6.07, 6.45) is 4.29. The van der Waals surface area contributed by atoms with Crippen LogP contribution in [0.4, 0.5) is 0 Å². The van der Waals surface area contributed by atoms with E-state index in [-0.39, 0.29) is 10.8 Å². The van der Waals surface area contributed by atoms with Gasteiger partial charge in [-0.25, -0.2) is 0 Å². The van der Waals surface area contributed by atoms with Gasteiger partial charge in [0.15, 0.2) is 0 Å². The van der Waals surface area contributed by atoms with Crippen molar-refractivity contribution >= 4 is 22.9 Å². The molecule has 94 valence electrons. The smallest absolute Gasteiger partial charge is 0.0712 e. The lowest BCUT2D eigenvalue weighted by Crippen LogP contribution is -2.07. The minimum absolute atomic E-state index is 0.263. The number of thiophene rings is 1. The molecule has 0 radical (unpaired) electrons. The molecule has 2 aliphatic rings. The first-order valence-electron chi connectivity index (χ1n) is 6.73. The second kappa shape index (κ2) is 3.99. The molecule has 17 heavy (non-hydrogen) atoms. The molecule has 2 aliphatic carbocycles. The van der Waals surface area contributed by atoms with E-state index in [1.165, 1.54) is 29.0 Å². The van der Waals surface area contributed by atoms with Crippen LogP contribution in [0.15, 0.2) is 12.1 Å². The van der Waals surface area contributed by atoms with E-state index in [0.717, 1.165) is 17.8 Å². The third-order valence-electron chi connectivity index (χ3n) is 4.45. The summed E-state index contributed by atoms with van der Waals surface area (Å²) in [7, 11) is 0. The molecular weight excluding hydrogens is 248 g/mol. The molecular formula is C15H21ClS. The average molecular weight is 269 g/mol. The van der Waals surface area contributed by atoms with Gasteiger partial charge in [0.1, 0.15) is 0 Å². The highest BCUT2D eigenvalue weighted by atomic mass is 35.5. The van der Waals surface area contributed by atoms with Crippen LogP contribution >= 0.6 is 22.9 Å². The van der Waals surface area contributed by atoms with Crippen molar-refractivity contribution in [2.45, 2.75) is 50.8 Å². The van der Waals surface area contributed by atoms with Crippen LogP contribution in [-0.4, -0.2) is 0 Å². The average Bonchev–Trinajstić information content (AvgIpc) is 2.74. The first-order valence-corrected chi connectivity index (χ1v) is 7.98. The Labute approximate surface area is 113 Å². The van der Waals surface area contributed by atoms with Gasteiger partial charge in [0.05, 0.1) is 5.38 Å². The summed E-state index contributed by atoms with van der Waals surface area (Å²) in [6.45, 7) is 6.83. The van der Waals surface area contributed by atoms with Crippen LogP contribution in [0.1, 0.15) is 55.2 Å². The molecule has 0 nitrogen and oxygen atoms in total. The summed E-state index contributed by atoms with van der Waals surface area (Å²) in [6, 6.07) is 4.53. The molecule has 3 atom stereocenters. The molecule has 2 fully saturated rings. The predicted octanol–water partition coefficient (Wildman–Crippen LogP) is 5.37. The van der Waals surface area contributed by atoms with Gasteiger partial charge in [0.25, 0.3) is 0 Å². The second-order valence-corrected chi connectivity index (χ2v) is 8.28. The van der Waals surface area contributed by atoms with Crippen LogP contribution in [0.3, 0.4) is 0 Å². The summed E-state index contributed by atoms with van der Waals surface area (Å²) in [5.41, 5.74) is 0.263. The van der Waals surface area contributed by atoms with Crippen molar-refractivity contribution in [1.29, 1.82) is 0 Å². The molecule has 1 aromatic rings. The number of hydrogen-bond acceptors (Lipinski definition) is 1. The van der Waals surface area contributed by atoms with Gasteiger partial charge in [-0.05, 0) is 48.1 Å². The van der Waals surface area contributed by atoms with E-state index in [1.54, 1.807) is 0 Å². The van der Waals surface area contributed by atoms with Crippen molar-refractivity contribution in [2.75, 3.05) is 0 Å². The van der Waals surface area contributed by atoms with Gasteiger partial charge in [0, 0.05) is 9.75 Å². The molecule has 0 spiro atoms. The second-order valence-electron chi connectivity index (χ2n) is 6.69. The standard InChI is InChI=1S/C15H21ClS/c1-15(2,3)12-8-7-11(17-12)14(16)13-9-5-4-6-10(9)13/h7-10,13-14H,4-6H2,1-3H3. The third-order valence-corrected chi connectivity index (χ3v) is 6.70. The van der Waals surface area contributed by atoms with Gasteiger partial charge in [-0.15, -0.1) is 22.9 Å². The predicted molar refractivity (Wildman–Crippen MR) is 75.9 cm³/mol. The molecule has 3 unspecified atom stereocenters. The van der Waals surface area contributed by atoms with E-state index in [2.05, 4.69) is 32.9 Å². The molecule has 0 aromatic carbocycles. The van der Waals surface area contributed by atoms with Crippen LogP contribution in [-0.2, 0) is 5.41 Å². The zero-order chi connectivity index (χ0) is 12.2. The molecule has 0 aliphatic heterocycles. The lowest BCUT2D eigenvalue weighted by molar-refractivity contribution is 0.577. The number of fused-ring (bicyclic) bond motifs is 1.